The van der Waals surface area contributed by atoms with E-state index in [1.54, 1.807) is 6.07 Å². The summed E-state index contributed by atoms with van der Waals surface area (Å²) < 4.78 is 27.5. The second-order valence-electron chi connectivity index (χ2n) is 8.13. The van der Waals surface area contributed by atoms with Gasteiger partial charge in [-0.25, -0.2) is 8.78 Å². The van der Waals surface area contributed by atoms with Crippen LogP contribution in [-0.4, -0.2) is 21.8 Å². The zero-order valence-corrected chi connectivity index (χ0v) is 25.1. The molecule has 2 aromatic carbocycles. The van der Waals surface area contributed by atoms with E-state index in [0.29, 0.717) is 11.3 Å². The van der Waals surface area contributed by atoms with Gasteiger partial charge in [0.2, 0.25) is 0 Å². The first-order valence-corrected chi connectivity index (χ1v) is 14.1. The van der Waals surface area contributed by atoms with Crippen LogP contribution in [0.4, 0.5) is 8.78 Å². The van der Waals surface area contributed by atoms with Crippen LogP contribution in [0.15, 0.2) is 103 Å². The van der Waals surface area contributed by atoms with E-state index >= 15 is 0 Å². The normalized spacial score (nSPS) is 9.74. The van der Waals surface area contributed by atoms with Gasteiger partial charge < -0.3 is 5.32 Å². The summed E-state index contributed by atoms with van der Waals surface area (Å²) in [6.07, 6.45) is 7.29. The van der Waals surface area contributed by atoms with E-state index in [-0.39, 0.29) is 5.82 Å². The first-order chi connectivity index (χ1) is 18.7. The second kappa shape index (κ2) is 21.5. The molecule has 0 atom stereocenters. The number of benzene rings is 2. The molecule has 0 aliphatic rings. The number of nitrogens with zero attached hydrogens (tertiary/aromatic N) is 3. The van der Waals surface area contributed by atoms with Crippen molar-refractivity contribution >= 4 is 11.8 Å². The minimum atomic E-state index is -0.445. The Hall–Kier alpha value is -3.45. The second-order valence-corrected chi connectivity index (χ2v) is 9.07. The Morgan fingerprint density at radius 1 is 1.10 bits per heavy atom. The highest BCUT2D eigenvalue weighted by Crippen LogP contribution is 2.27. The number of rotatable bonds is 10. The van der Waals surface area contributed by atoms with Crippen molar-refractivity contribution in [2.75, 3.05) is 7.05 Å². The van der Waals surface area contributed by atoms with E-state index < -0.39 is 5.83 Å². The molecule has 1 N–H and O–H groups in total. The van der Waals surface area contributed by atoms with Gasteiger partial charge in [0, 0.05) is 24.9 Å². The fourth-order valence-corrected chi connectivity index (χ4v) is 3.80. The summed E-state index contributed by atoms with van der Waals surface area (Å²) in [6, 6.07) is 15.2. The zero-order chi connectivity index (χ0) is 29.6. The van der Waals surface area contributed by atoms with Crippen molar-refractivity contribution in [1.82, 2.24) is 20.1 Å². The van der Waals surface area contributed by atoms with Crippen LogP contribution in [0.3, 0.4) is 0 Å². The van der Waals surface area contributed by atoms with Crippen molar-refractivity contribution in [3.63, 3.8) is 0 Å². The number of hydrogen-bond donors (Lipinski definition) is 1. The van der Waals surface area contributed by atoms with Gasteiger partial charge in [-0.2, -0.15) is 0 Å². The number of hydrogen-bond acceptors (Lipinski definition) is 4. The van der Waals surface area contributed by atoms with Gasteiger partial charge in [0.1, 0.15) is 17.5 Å². The maximum absolute atomic E-state index is 13.9. The number of nitrogens with one attached hydrogen (secondary N) is 1. The molecule has 0 bridgehead atoms. The fraction of sp³-hybridized carbons (Fsp3) is 0.312. The molecular weight excluding hydrogens is 510 g/mol. The van der Waals surface area contributed by atoms with Gasteiger partial charge in [-0.15, -0.1) is 10.2 Å². The Balaban J connectivity index is 0.000000859. The third kappa shape index (κ3) is 14.9. The predicted molar refractivity (Wildman–Crippen MR) is 165 cm³/mol. The summed E-state index contributed by atoms with van der Waals surface area (Å²) in [7, 11) is 1.85. The monoisotopic (exact) mass is 554 g/mol. The lowest BCUT2D eigenvalue weighted by Crippen LogP contribution is -2.03. The Morgan fingerprint density at radius 3 is 2.28 bits per heavy atom. The highest BCUT2D eigenvalue weighted by molar-refractivity contribution is 7.98. The fourth-order valence-electron chi connectivity index (χ4n) is 2.85. The molecule has 3 rings (SSSR count). The quantitative estimate of drug-likeness (QED) is 0.200. The molecule has 39 heavy (non-hydrogen) atoms. The van der Waals surface area contributed by atoms with Crippen molar-refractivity contribution in [3.8, 4) is 5.69 Å². The van der Waals surface area contributed by atoms with E-state index in [9.17, 15) is 8.78 Å². The Bertz CT molecular complexity index is 1170. The molecule has 0 saturated carbocycles. The molecule has 0 aliphatic carbocycles. The molecular formula is C32H44F2N4S. The molecule has 0 radical (unpaired) electrons. The molecule has 212 valence electrons. The molecule has 3 aromatic rings. The average Bonchev–Trinajstić information content (AvgIpc) is 3.34. The lowest BCUT2D eigenvalue weighted by Gasteiger charge is -2.11. The maximum Gasteiger partial charge on any atom is 0.196 e. The van der Waals surface area contributed by atoms with E-state index in [4.69, 9.17) is 0 Å². The number of unbranched alkanes of at least 4 members (excludes halogenated alkanes) is 1. The number of allylic oxidation sites excluding steroid dienone is 5. The molecule has 0 unspecified atom stereocenters. The van der Waals surface area contributed by atoms with Crippen molar-refractivity contribution in [1.29, 1.82) is 0 Å². The molecule has 7 heteroatoms. The molecule has 0 amide bonds. The van der Waals surface area contributed by atoms with Crippen molar-refractivity contribution in [2.24, 2.45) is 0 Å². The highest BCUT2D eigenvalue weighted by Gasteiger charge is 2.15. The first kappa shape index (κ1) is 35.5. The molecule has 1 aromatic heterocycles. The summed E-state index contributed by atoms with van der Waals surface area (Å²) in [4.78, 5) is 0. The zero-order valence-electron chi connectivity index (χ0n) is 24.3. The van der Waals surface area contributed by atoms with Gasteiger partial charge in [0.25, 0.3) is 0 Å². The smallest absolute Gasteiger partial charge is 0.196 e. The van der Waals surface area contributed by atoms with Crippen molar-refractivity contribution in [3.05, 3.63) is 121 Å². The van der Waals surface area contributed by atoms with E-state index in [2.05, 4.69) is 71.9 Å². The third-order valence-electron chi connectivity index (χ3n) is 4.87. The SMILES string of the molecule is C=C(C)NC.C=C/C=C\C(=C)F.CC.CCCCc1nnc(SCc2ccccc2F)n1-c1cccc(C)c1. The summed E-state index contributed by atoms with van der Waals surface area (Å²) in [5.41, 5.74) is 3.94. The molecule has 0 spiro atoms. The number of aryl methyl sites for hydroxylation is 2. The van der Waals surface area contributed by atoms with Crippen LogP contribution in [0.25, 0.3) is 5.69 Å². The van der Waals surface area contributed by atoms with Gasteiger partial charge in [0.15, 0.2) is 5.16 Å². The molecule has 0 saturated heterocycles. The van der Waals surface area contributed by atoms with Crippen LogP contribution in [0, 0.1) is 12.7 Å². The van der Waals surface area contributed by atoms with Crippen LogP contribution in [0.1, 0.15) is 57.5 Å². The van der Waals surface area contributed by atoms with Crippen molar-refractivity contribution < 1.29 is 8.78 Å². The van der Waals surface area contributed by atoms with Gasteiger partial charge in [-0.3, -0.25) is 4.57 Å². The van der Waals surface area contributed by atoms with Crippen molar-refractivity contribution in [2.45, 2.75) is 64.8 Å². The topological polar surface area (TPSA) is 42.7 Å². The minimum Gasteiger partial charge on any atom is -0.392 e. The molecule has 1 heterocycles. The number of aromatic nitrogens is 3. The Labute approximate surface area is 238 Å². The predicted octanol–water partition coefficient (Wildman–Crippen LogP) is 9.33. The summed E-state index contributed by atoms with van der Waals surface area (Å²) >= 11 is 1.52. The van der Waals surface area contributed by atoms with E-state index in [1.165, 1.54) is 41.6 Å². The molecule has 0 fully saturated rings. The largest absolute Gasteiger partial charge is 0.392 e. The first-order valence-electron chi connectivity index (χ1n) is 13.1. The minimum absolute atomic E-state index is 0.178. The van der Waals surface area contributed by atoms with Crippen LogP contribution >= 0.6 is 11.8 Å². The molecule has 0 aliphatic heterocycles. The van der Waals surface area contributed by atoms with Gasteiger partial charge in [-0.05, 0) is 61.4 Å². The average molecular weight is 555 g/mol. The van der Waals surface area contributed by atoms with E-state index in [1.807, 2.05) is 46.0 Å². The van der Waals surface area contributed by atoms with Crippen LogP contribution in [0.5, 0.6) is 0 Å². The third-order valence-corrected chi connectivity index (χ3v) is 5.85. The van der Waals surface area contributed by atoms with Gasteiger partial charge in [0.05, 0.1) is 0 Å². The lowest BCUT2D eigenvalue weighted by atomic mass is 10.2. The van der Waals surface area contributed by atoms with E-state index in [0.717, 1.165) is 41.6 Å². The van der Waals surface area contributed by atoms with Crippen LogP contribution in [0.2, 0.25) is 0 Å². The summed E-state index contributed by atoms with van der Waals surface area (Å²) in [5.74, 6) is 0.871. The maximum atomic E-state index is 13.9. The number of thioether (sulfide) groups is 1. The lowest BCUT2D eigenvalue weighted by molar-refractivity contribution is 0.617. The van der Waals surface area contributed by atoms with Gasteiger partial charge >= 0.3 is 0 Å². The Kier molecular flexibility index (Phi) is 19.6. The highest BCUT2D eigenvalue weighted by atomic mass is 32.2. The summed E-state index contributed by atoms with van der Waals surface area (Å²) in [6.45, 7) is 20.1. The Morgan fingerprint density at radius 2 is 1.77 bits per heavy atom. The standard InChI is InChI=1S/C20H22FN3S.C6H7F.C4H9N.C2H6/c1-3-4-12-19-22-23-20(24(19)17-10-7-8-15(2)13-17)25-14-16-9-5-6-11-18(16)21;1-3-4-5-6(2)7;1-4(2)5-3;1-2/h5-11,13H,3-4,12,14H2,1-2H3;3-5H,1-2H2;5H,1H2,2-3H3;1-2H3/b;5-4-;;. The summed E-state index contributed by atoms with van der Waals surface area (Å²) in [5, 5.41) is 12.4. The number of halogens is 2. The molecule has 4 nitrogen and oxygen atoms in total. The van der Waals surface area contributed by atoms with Gasteiger partial charge in [-0.1, -0.05) is 101 Å². The van der Waals surface area contributed by atoms with Crippen LogP contribution in [-0.2, 0) is 12.2 Å². The van der Waals surface area contributed by atoms with Crippen LogP contribution < -0.4 is 5.32 Å².